The van der Waals surface area contributed by atoms with Gasteiger partial charge >= 0.3 is 6.09 Å². The standard InChI is InChI=1S/C16H25BrN4O4S/c1-16(2,3)25-15(22)21-6-4-5-11(10-21)8-20-26(23,24)13-7-12(17)9-19-14(13)18/h7,9,11,20H,4-6,8,10H2,1-3H3,(H2,18,19)/t11-/m1/s1. The average Bonchev–Trinajstić information content (AvgIpc) is 2.54. The maximum Gasteiger partial charge on any atom is 0.410 e. The zero-order valence-electron chi connectivity index (χ0n) is 15.2. The lowest BCUT2D eigenvalue weighted by atomic mass is 9.99. The van der Waals surface area contributed by atoms with Crippen LogP contribution in [0, 0.1) is 5.92 Å². The molecule has 8 nitrogen and oxygen atoms in total. The summed E-state index contributed by atoms with van der Waals surface area (Å²) in [6.45, 7) is 6.72. The van der Waals surface area contributed by atoms with Crippen LogP contribution >= 0.6 is 15.9 Å². The van der Waals surface area contributed by atoms with Crippen molar-refractivity contribution in [3.05, 3.63) is 16.7 Å². The number of hydrogen-bond donors (Lipinski definition) is 2. The van der Waals surface area contributed by atoms with Gasteiger partial charge in [0.05, 0.1) is 0 Å². The van der Waals surface area contributed by atoms with Gasteiger partial charge in [-0.3, -0.25) is 0 Å². The van der Waals surface area contributed by atoms with E-state index >= 15 is 0 Å². The first kappa shape index (κ1) is 20.9. The number of ether oxygens (including phenoxy) is 1. The van der Waals surface area contributed by atoms with E-state index in [1.165, 1.54) is 12.3 Å². The fourth-order valence-electron chi connectivity index (χ4n) is 2.68. The van der Waals surface area contributed by atoms with Gasteiger partial charge in [0, 0.05) is 30.3 Å². The quantitative estimate of drug-likeness (QED) is 0.730. The molecule has 1 aromatic heterocycles. The van der Waals surface area contributed by atoms with Gasteiger partial charge in [-0.25, -0.2) is 22.9 Å². The molecule has 1 aliphatic heterocycles. The molecule has 0 aromatic carbocycles. The number of nitrogens with one attached hydrogen (secondary N) is 1. The first-order valence-corrected chi connectivity index (χ1v) is 10.6. The zero-order chi connectivity index (χ0) is 19.5. The second kappa shape index (κ2) is 8.10. The maximum atomic E-state index is 12.5. The molecule has 146 valence electrons. The van der Waals surface area contributed by atoms with Crippen molar-refractivity contribution in [3.8, 4) is 0 Å². The lowest BCUT2D eigenvalue weighted by molar-refractivity contribution is 0.0169. The number of carbonyl (C=O) groups excluding carboxylic acids is 1. The number of nitrogen functional groups attached to an aromatic ring is 1. The Morgan fingerprint density at radius 3 is 2.85 bits per heavy atom. The molecular weight excluding hydrogens is 424 g/mol. The second-order valence-electron chi connectivity index (χ2n) is 7.32. The highest BCUT2D eigenvalue weighted by Crippen LogP contribution is 2.22. The fourth-order valence-corrected chi connectivity index (χ4v) is 4.38. The van der Waals surface area contributed by atoms with E-state index in [4.69, 9.17) is 10.5 Å². The second-order valence-corrected chi connectivity index (χ2v) is 9.97. The minimum Gasteiger partial charge on any atom is -0.444 e. The van der Waals surface area contributed by atoms with Crippen molar-refractivity contribution in [2.75, 3.05) is 25.4 Å². The van der Waals surface area contributed by atoms with Crippen molar-refractivity contribution < 1.29 is 17.9 Å². The normalized spacial score (nSPS) is 18.6. The van der Waals surface area contributed by atoms with Crippen LogP contribution in [0.2, 0.25) is 0 Å². The van der Waals surface area contributed by atoms with Gasteiger partial charge in [0.25, 0.3) is 0 Å². The van der Waals surface area contributed by atoms with Gasteiger partial charge in [-0.1, -0.05) is 0 Å². The number of hydrogen-bond acceptors (Lipinski definition) is 6. The summed E-state index contributed by atoms with van der Waals surface area (Å²) in [4.78, 5) is 17.6. The van der Waals surface area contributed by atoms with Crippen LogP contribution in [-0.2, 0) is 14.8 Å². The first-order valence-electron chi connectivity index (χ1n) is 8.36. The highest BCUT2D eigenvalue weighted by atomic mass is 79.9. The molecule has 2 rings (SSSR count). The minimum atomic E-state index is -3.78. The Hall–Kier alpha value is -1.39. The van der Waals surface area contributed by atoms with Gasteiger partial charge in [0.1, 0.15) is 16.3 Å². The van der Waals surface area contributed by atoms with E-state index in [1.54, 1.807) is 4.90 Å². The van der Waals surface area contributed by atoms with E-state index in [2.05, 4.69) is 25.6 Å². The van der Waals surface area contributed by atoms with E-state index < -0.39 is 15.6 Å². The molecule has 1 saturated heterocycles. The molecule has 1 aliphatic rings. The molecule has 0 bridgehead atoms. The van der Waals surface area contributed by atoms with E-state index in [0.29, 0.717) is 17.6 Å². The van der Waals surface area contributed by atoms with Crippen molar-refractivity contribution >= 4 is 37.9 Å². The molecule has 3 N–H and O–H groups in total. The lowest BCUT2D eigenvalue weighted by Gasteiger charge is -2.34. The summed E-state index contributed by atoms with van der Waals surface area (Å²) < 4.78 is 33.5. The van der Waals surface area contributed by atoms with Crippen molar-refractivity contribution in [3.63, 3.8) is 0 Å². The summed E-state index contributed by atoms with van der Waals surface area (Å²) >= 11 is 3.20. The summed E-state index contributed by atoms with van der Waals surface area (Å²) in [7, 11) is -3.78. The fraction of sp³-hybridized carbons (Fsp3) is 0.625. The van der Waals surface area contributed by atoms with Crippen LogP contribution in [0.4, 0.5) is 10.6 Å². The number of sulfonamides is 1. The van der Waals surface area contributed by atoms with Crippen LogP contribution in [0.15, 0.2) is 21.6 Å². The van der Waals surface area contributed by atoms with E-state index in [9.17, 15) is 13.2 Å². The molecule has 1 amide bonds. The molecule has 10 heteroatoms. The number of piperidine rings is 1. The summed E-state index contributed by atoms with van der Waals surface area (Å²) in [6.07, 6.45) is 2.69. The predicted molar refractivity (Wildman–Crippen MR) is 102 cm³/mol. The maximum absolute atomic E-state index is 12.5. The van der Waals surface area contributed by atoms with E-state index in [1.807, 2.05) is 20.8 Å². The Kier molecular flexibility index (Phi) is 6.51. The number of pyridine rings is 1. The van der Waals surface area contributed by atoms with E-state index in [-0.39, 0.29) is 29.3 Å². The van der Waals surface area contributed by atoms with Crippen LogP contribution in [0.25, 0.3) is 0 Å². The van der Waals surface area contributed by atoms with Crippen molar-refractivity contribution in [1.82, 2.24) is 14.6 Å². The van der Waals surface area contributed by atoms with Gasteiger partial charge in [0.15, 0.2) is 0 Å². The summed E-state index contributed by atoms with van der Waals surface area (Å²) in [5, 5.41) is 0. The van der Waals surface area contributed by atoms with Crippen LogP contribution in [-0.4, -0.2) is 49.6 Å². The number of likely N-dealkylation sites (tertiary alicyclic amines) is 1. The van der Waals surface area contributed by atoms with Gasteiger partial charge < -0.3 is 15.4 Å². The smallest absolute Gasteiger partial charge is 0.410 e. The molecule has 0 saturated carbocycles. The minimum absolute atomic E-state index is 0.00683. The van der Waals surface area contributed by atoms with Crippen molar-refractivity contribution in [2.45, 2.75) is 44.1 Å². The number of nitrogens with two attached hydrogens (primary N) is 1. The van der Waals surface area contributed by atoms with Crippen molar-refractivity contribution in [1.29, 1.82) is 0 Å². The molecular formula is C16H25BrN4O4S. The predicted octanol–water partition coefficient (Wildman–Crippen LogP) is 2.35. The molecule has 1 atom stereocenters. The monoisotopic (exact) mass is 448 g/mol. The number of anilines is 1. The van der Waals surface area contributed by atoms with Crippen molar-refractivity contribution in [2.24, 2.45) is 5.92 Å². The first-order chi connectivity index (χ1) is 12.0. The Bertz CT molecular complexity index is 764. The Balaban J connectivity index is 1.98. The third-order valence-electron chi connectivity index (χ3n) is 3.87. The van der Waals surface area contributed by atoms with Gasteiger partial charge in [0.2, 0.25) is 10.0 Å². The number of nitrogens with zero attached hydrogens (tertiary/aromatic N) is 2. The highest BCUT2D eigenvalue weighted by Gasteiger charge is 2.29. The van der Waals surface area contributed by atoms with Crippen LogP contribution in [0.1, 0.15) is 33.6 Å². The number of rotatable bonds is 4. The molecule has 0 radical (unpaired) electrons. The topological polar surface area (TPSA) is 115 Å². The third kappa shape index (κ3) is 5.82. The zero-order valence-corrected chi connectivity index (χ0v) is 17.6. The lowest BCUT2D eigenvalue weighted by Crippen LogP contribution is -2.45. The third-order valence-corrected chi connectivity index (χ3v) is 5.76. The Labute approximate surface area is 162 Å². The molecule has 26 heavy (non-hydrogen) atoms. The molecule has 2 heterocycles. The Morgan fingerprint density at radius 1 is 1.50 bits per heavy atom. The van der Waals surface area contributed by atoms with Crippen LogP contribution < -0.4 is 10.5 Å². The number of amides is 1. The molecule has 1 fully saturated rings. The number of aromatic nitrogens is 1. The molecule has 0 aliphatic carbocycles. The molecule has 1 aromatic rings. The molecule has 0 spiro atoms. The average molecular weight is 449 g/mol. The van der Waals surface area contributed by atoms with Gasteiger partial charge in [-0.05, 0) is 61.5 Å². The summed E-state index contributed by atoms with van der Waals surface area (Å²) in [6, 6.07) is 1.42. The highest BCUT2D eigenvalue weighted by molar-refractivity contribution is 9.10. The Morgan fingerprint density at radius 2 is 2.19 bits per heavy atom. The van der Waals surface area contributed by atoms with Crippen LogP contribution in [0.3, 0.4) is 0 Å². The molecule has 0 unspecified atom stereocenters. The summed E-state index contributed by atoms with van der Waals surface area (Å²) in [5.74, 6) is -0.0490. The largest absolute Gasteiger partial charge is 0.444 e. The van der Waals surface area contributed by atoms with Crippen LogP contribution in [0.5, 0.6) is 0 Å². The summed E-state index contributed by atoms with van der Waals surface area (Å²) in [5.41, 5.74) is 5.13. The SMILES string of the molecule is CC(C)(C)OC(=O)N1CCC[C@H](CNS(=O)(=O)c2cc(Br)cnc2N)C1. The number of carbonyl (C=O) groups is 1. The van der Waals surface area contributed by atoms with E-state index in [0.717, 1.165) is 12.8 Å². The van der Waals surface area contributed by atoms with Gasteiger partial charge in [-0.2, -0.15) is 0 Å². The van der Waals surface area contributed by atoms with Gasteiger partial charge in [-0.15, -0.1) is 0 Å². The number of halogens is 1.